The lowest BCUT2D eigenvalue weighted by Crippen LogP contribution is -2.52. The predicted molar refractivity (Wildman–Crippen MR) is 95.6 cm³/mol. The van der Waals surface area contributed by atoms with Gasteiger partial charge in [-0.1, -0.05) is 0 Å². The van der Waals surface area contributed by atoms with Gasteiger partial charge in [0.15, 0.2) is 5.76 Å². The molecule has 26 heavy (non-hydrogen) atoms. The molecule has 0 spiro atoms. The molecule has 1 atom stereocenters. The zero-order valence-corrected chi connectivity index (χ0v) is 15.2. The molecule has 2 saturated heterocycles. The maximum atomic E-state index is 13.5. The maximum Gasteiger partial charge on any atom is 0.291 e. The molecular formula is C18H19FN2O4S. The number of carbonyl (C=O) groups excluding carboxylic acids is 2. The van der Waals surface area contributed by atoms with E-state index in [4.69, 9.17) is 9.15 Å². The van der Waals surface area contributed by atoms with E-state index in [1.807, 2.05) is 0 Å². The fourth-order valence-electron chi connectivity index (χ4n) is 3.37. The highest BCUT2D eigenvalue weighted by atomic mass is 32.2. The summed E-state index contributed by atoms with van der Waals surface area (Å²) in [6.07, 6.45) is 0. The summed E-state index contributed by atoms with van der Waals surface area (Å²) in [5.41, 5.74) is 1.06. The van der Waals surface area contributed by atoms with Crippen LogP contribution < -0.4 is 0 Å². The molecule has 1 aromatic carbocycles. The molecule has 0 radical (unpaired) electrons. The van der Waals surface area contributed by atoms with Crippen molar-refractivity contribution in [1.29, 1.82) is 0 Å². The van der Waals surface area contributed by atoms with Crippen molar-refractivity contribution in [1.82, 2.24) is 9.80 Å². The molecular weight excluding hydrogens is 359 g/mol. The number of halogens is 1. The normalized spacial score (nSPS) is 20.8. The SMILES string of the molecule is Cc1c(C(=O)N2CSC[C@H]2C(=O)N2CCOCC2)oc2ccc(F)cc12. The summed E-state index contributed by atoms with van der Waals surface area (Å²) in [7, 11) is 0. The van der Waals surface area contributed by atoms with Crippen molar-refractivity contribution >= 4 is 34.5 Å². The Balaban J connectivity index is 1.60. The number of amides is 2. The van der Waals surface area contributed by atoms with E-state index >= 15 is 0 Å². The van der Waals surface area contributed by atoms with E-state index in [-0.39, 0.29) is 23.4 Å². The molecule has 8 heteroatoms. The zero-order valence-electron chi connectivity index (χ0n) is 14.4. The Kier molecular flexibility index (Phi) is 4.62. The van der Waals surface area contributed by atoms with E-state index < -0.39 is 6.04 Å². The van der Waals surface area contributed by atoms with Crippen LogP contribution in [0.5, 0.6) is 0 Å². The lowest BCUT2D eigenvalue weighted by Gasteiger charge is -2.31. The van der Waals surface area contributed by atoms with Crippen molar-refractivity contribution in [3.05, 3.63) is 35.3 Å². The summed E-state index contributed by atoms with van der Waals surface area (Å²) < 4.78 is 24.5. The number of furan rings is 1. The fourth-order valence-corrected chi connectivity index (χ4v) is 4.51. The van der Waals surface area contributed by atoms with Crippen molar-refractivity contribution in [3.63, 3.8) is 0 Å². The number of hydrogen-bond donors (Lipinski definition) is 0. The number of morpholine rings is 1. The second kappa shape index (κ2) is 6.92. The van der Waals surface area contributed by atoms with E-state index in [1.54, 1.807) is 28.5 Å². The zero-order chi connectivity index (χ0) is 18.3. The molecule has 2 aliphatic rings. The van der Waals surface area contributed by atoms with Crippen LogP contribution in [-0.4, -0.2) is 65.6 Å². The van der Waals surface area contributed by atoms with Crippen molar-refractivity contribution < 1.29 is 23.1 Å². The van der Waals surface area contributed by atoms with Crippen LogP contribution in [0.15, 0.2) is 22.6 Å². The molecule has 1 aromatic heterocycles. The van der Waals surface area contributed by atoms with Crippen LogP contribution in [0.4, 0.5) is 4.39 Å². The van der Waals surface area contributed by atoms with Gasteiger partial charge in [0.1, 0.15) is 17.4 Å². The number of thioether (sulfide) groups is 1. The minimum Gasteiger partial charge on any atom is -0.451 e. The second-order valence-corrected chi connectivity index (χ2v) is 7.42. The van der Waals surface area contributed by atoms with Gasteiger partial charge in [0.25, 0.3) is 5.91 Å². The third-order valence-corrected chi connectivity index (χ3v) is 5.86. The van der Waals surface area contributed by atoms with E-state index in [0.717, 1.165) is 0 Å². The van der Waals surface area contributed by atoms with E-state index in [1.165, 1.54) is 18.2 Å². The first-order valence-corrected chi connectivity index (χ1v) is 9.65. The van der Waals surface area contributed by atoms with Crippen molar-refractivity contribution in [2.24, 2.45) is 0 Å². The summed E-state index contributed by atoms with van der Waals surface area (Å²) in [5.74, 6) is 0.424. The van der Waals surface area contributed by atoms with Crippen LogP contribution in [0, 0.1) is 12.7 Å². The van der Waals surface area contributed by atoms with Gasteiger partial charge in [0.05, 0.1) is 19.1 Å². The Morgan fingerprint density at radius 1 is 1.27 bits per heavy atom. The molecule has 2 fully saturated rings. The molecule has 0 saturated carbocycles. The number of benzene rings is 1. The highest BCUT2D eigenvalue weighted by Gasteiger charge is 2.39. The minimum absolute atomic E-state index is 0.0496. The van der Waals surface area contributed by atoms with Crippen LogP contribution in [0.3, 0.4) is 0 Å². The fraction of sp³-hybridized carbons (Fsp3) is 0.444. The number of carbonyl (C=O) groups is 2. The van der Waals surface area contributed by atoms with Gasteiger partial charge in [-0.25, -0.2) is 4.39 Å². The van der Waals surface area contributed by atoms with Crippen molar-refractivity contribution in [2.45, 2.75) is 13.0 Å². The number of hydrogen-bond acceptors (Lipinski definition) is 5. The first-order valence-electron chi connectivity index (χ1n) is 8.50. The molecule has 0 bridgehead atoms. The van der Waals surface area contributed by atoms with Crippen molar-refractivity contribution in [2.75, 3.05) is 37.9 Å². The molecule has 138 valence electrons. The average molecular weight is 378 g/mol. The maximum absolute atomic E-state index is 13.5. The van der Waals surface area contributed by atoms with E-state index in [0.29, 0.717) is 54.5 Å². The molecule has 2 aromatic rings. The molecule has 0 N–H and O–H groups in total. The third kappa shape index (κ3) is 2.97. The van der Waals surface area contributed by atoms with Crippen LogP contribution in [0.25, 0.3) is 11.0 Å². The van der Waals surface area contributed by atoms with E-state index in [2.05, 4.69) is 0 Å². The van der Waals surface area contributed by atoms with Crippen LogP contribution >= 0.6 is 11.8 Å². The Labute approximate surface area is 154 Å². The smallest absolute Gasteiger partial charge is 0.291 e. The first-order chi connectivity index (χ1) is 12.6. The van der Waals surface area contributed by atoms with Gasteiger partial charge in [0.2, 0.25) is 5.91 Å². The Bertz CT molecular complexity index is 862. The number of nitrogens with zero attached hydrogens (tertiary/aromatic N) is 2. The summed E-state index contributed by atoms with van der Waals surface area (Å²) >= 11 is 1.55. The predicted octanol–water partition coefficient (Wildman–Crippen LogP) is 2.25. The Hall–Kier alpha value is -2.06. The molecule has 0 unspecified atom stereocenters. The molecule has 0 aliphatic carbocycles. The molecule has 6 nitrogen and oxygen atoms in total. The van der Waals surface area contributed by atoms with Crippen molar-refractivity contribution in [3.8, 4) is 0 Å². The lowest BCUT2D eigenvalue weighted by molar-refractivity contribution is -0.138. The topological polar surface area (TPSA) is 63.0 Å². The first kappa shape index (κ1) is 17.4. The third-order valence-electron chi connectivity index (χ3n) is 4.84. The standard InChI is InChI=1S/C18H19FN2O4S/c1-11-13-8-12(19)2-3-15(13)25-16(11)18(23)21-10-26-9-14(21)17(22)20-4-6-24-7-5-20/h2-3,8,14H,4-7,9-10H2,1H3/t14-/m0/s1. The van der Waals surface area contributed by atoms with E-state index in [9.17, 15) is 14.0 Å². The monoisotopic (exact) mass is 378 g/mol. The molecule has 2 amide bonds. The van der Waals surface area contributed by atoms with Crippen LogP contribution in [0.2, 0.25) is 0 Å². The molecule has 3 heterocycles. The second-order valence-electron chi connectivity index (χ2n) is 6.42. The van der Waals surface area contributed by atoms with Gasteiger partial charge in [-0.2, -0.15) is 0 Å². The van der Waals surface area contributed by atoms with Gasteiger partial charge in [-0.15, -0.1) is 11.8 Å². The van der Waals surface area contributed by atoms with Gasteiger partial charge in [-0.05, 0) is 25.1 Å². The summed E-state index contributed by atoms with van der Waals surface area (Å²) in [6.45, 7) is 3.87. The minimum atomic E-state index is -0.505. The highest BCUT2D eigenvalue weighted by molar-refractivity contribution is 7.99. The summed E-state index contributed by atoms with van der Waals surface area (Å²) in [4.78, 5) is 29.2. The Morgan fingerprint density at radius 3 is 2.81 bits per heavy atom. The number of ether oxygens (including phenoxy) is 1. The van der Waals surface area contributed by atoms with Gasteiger partial charge >= 0.3 is 0 Å². The number of fused-ring (bicyclic) bond motifs is 1. The Morgan fingerprint density at radius 2 is 2.04 bits per heavy atom. The summed E-state index contributed by atoms with van der Waals surface area (Å²) in [5, 5.41) is 0.580. The number of aryl methyl sites for hydroxylation is 1. The highest BCUT2D eigenvalue weighted by Crippen LogP contribution is 2.30. The van der Waals surface area contributed by atoms with Crippen LogP contribution in [0.1, 0.15) is 16.1 Å². The summed E-state index contributed by atoms with van der Waals surface area (Å²) in [6, 6.07) is 3.68. The largest absolute Gasteiger partial charge is 0.451 e. The quantitative estimate of drug-likeness (QED) is 0.802. The average Bonchev–Trinajstić information content (AvgIpc) is 3.27. The lowest BCUT2D eigenvalue weighted by atomic mass is 10.1. The molecule has 4 rings (SSSR count). The van der Waals surface area contributed by atoms with Gasteiger partial charge < -0.3 is 19.0 Å². The number of rotatable bonds is 2. The molecule has 2 aliphatic heterocycles. The van der Waals surface area contributed by atoms with Crippen LogP contribution in [-0.2, 0) is 9.53 Å². The van der Waals surface area contributed by atoms with Gasteiger partial charge in [0, 0.05) is 29.8 Å². The van der Waals surface area contributed by atoms with Gasteiger partial charge in [-0.3, -0.25) is 9.59 Å².